The molecule has 0 saturated carbocycles. The molecule has 23 rings (SSSR count). The van der Waals surface area contributed by atoms with Crippen LogP contribution < -0.4 is 31.1 Å². The van der Waals surface area contributed by atoms with Gasteiger partial charge in [-0.1, -0.05) is 386 Å². The number of nitrogens with zero attached hydrogens (tertiary/aromatic N) is 4. The van der Waals surface area contributed by atoms with Gasteiger partial charge >= 0.3 is 0 Å². The highest BCUT2D eigenvalue weighted by molar-refractivity contribution is 7.00. The molecule has 0 amide bonds. The van der Waals surface area contributed by atoms with Crippen molar-refractivity contribution in [2.75, 3.05) is 14.7 Å². The summed E-state index contributed by atoms with van der Waals surface area (Å²) in [6.45, 7) is 27.9. The van der Waals surface area contributed by atoms with E-state index in [4.69, 9.17) is 0 Å². The number of rotatable bonds is 13. The van der Waals surface area contributed by atoms with Crippen molar-refractivity contribution in [1.82, 2.24) is 4.57 Å². The second kappa shape index (κ2) is 30.9. The fourth-order valence-electron chi connectivity index (χ4n) is 21.3. The molecular formula is C126H103BN4. The van der Waals surface area contributed by atoms with E-state index >= 15 is 0 Å². The molecule has 630 valence electrons. The third kappa shape index (κ3) is 13.6. The summed E-state index contributed by atoms with van der Waals surface area (Å²) in [7, 11) is 0. The Labute approximate surface area is 770 Å². The Morgan fingerprint density at radius 3 is 0.985 bits per heavy atom. The Kier molecular flexibility index (Phi) is 19.0. The maximum atomic E-state index is 2.76. The lowest BCUT2D eigenvalue weighted by molar-refractivity contribution is 0.590. The molecule has 131 heavy (non-hydrogen) atoms. The van der Waals surface area contributed by atoms with Crippen LogP contribution in [0.15, 0.2) is 406 Å². The summed E-state index contributed by atoms with van der Waals surface area (Å²) in [6, 6.07) is 156. The van der Waals surface area contributed by atoms with Crippen molar-refractivity contribution in [3.63, 3.8) is 0 Å². The molecule has 3 heterocycles. The molecule has 0 fully saturated rings. The summed E-state index contributed by atoms with van der Waals surface area (Å²) in [5.41, 5.74) is 36.8. The molecule has 0 saturated heterocycles. The summed E-state index contributed by atoms with van der Waals surface area (Å²) >= 11 is 0. The standard InChI is InChI=1S/C126H103BN4/c1-123(2,3)90-57-68-112-108(71-90)109-72-91(124(4,5)6)58-69-113(109)129(112)96-63-67-111-115(77-96)131(122-106(86-42-27-17-28-43-86)75-93(126(10,11)12)76-107(122)87-44-29-18-30-45-87)117-79-97(128(94-59-52-82(53-60-94)80-34-19-13-20-35-80)95-61-54-83(55-62-95)81-36-21-14-22-37-81)78-116-120(117)127(111)110-66-56-89(98-64-65-103-101-49-32-47-88-46-31-48-100(118(88)101)102-51-33-50-99(98)119(102)103)70-114(110)130(116)121-104(84-38-23-15-24-39-84)73-92(125(7,8)9)74-105(121)85-40-25-16-26-41-85/h13-79H,1-12H3. The second-order valence-corrected chi connectivity index (χ2v) is 40.4. The van der Waals surface area contributed by atoms with Gasteiger partial charge in [-0.3, -0.25) is 0 Å². The van der Waals surface area contributed by atoms with Crippen LogP contribution in [0.3, 0.4) is 0 Å². The van der Waals surface area contributed by atoms with Crippen LogP contribution >= 0.6 is 0 Å². The van der Waals surface area contributed by atoms with Crippen LogP contribution in [0.4, 0.5) is 51.2 Å². The minimum atomic E-state index is -0.364. The monoisotopic (exact) mass is 1680 g/mol. The zero-order valence-corrected chi connectivity index (χ0v) is 76.5. The third-order valence-corrected chi connectivity index (χ3v) is 28.1. The zero-order chi connectivity index (χ0) is 89.1. The van der Waals surface area contributed by atoms with Crippen molar-refractivity contribution in [2.45, 2.75) is 105 Å². The third-order valence-electron chi connectivity index (χ3n) is 28.1. The van der Waals surface area contributed by atoms with E-state index in [-0.39, 0.29) is 28.4 Å². The van der Waals surface area contributed by atoms with Gasteiger partial charge in [-0.05, 0) is 262 Å². The van der Waals surface area contributed by atoms with Gasteiger partial charge in [0.2, 0.25) is 0 Å². The first-order valence-electron chi connectivity index (χ1n) is 46.5. The Balaban J connectivity index is 0.912. The lowest BCUT2D eigenvalue weighted by Crippen LogP contribution is -2.61. The van der Waals surface area contributed by atoms with E-state index in [0.717, 1.165) is 140 Å². The number of hydrogen-bond donors (Lipinski definition) is 0. The Morgan fingerprint density at radius 2 is 0.573 bits per heavy atom. The van der Waals surface area contributed by atoms with Crippen molar-refractivity contribution in [1.29, 1.82) is 0 Å². The van der Waals surface area contributed by atoms with E-state index in [1.54, 1.807) is 0 Å². The van der Waals surface area contributed by atoms with Gasteiger partial charge in [-0.15, -0.1) is 0 Å². The Bertz CT molecular complexity index is 7740. The van der Waals surface area contributed by atoms with Crippen LogP contribution in [0.25, 0.3) is 148 Å². The molecule has 0 N–H and O–H groups in total. The summed E-state index contributed by atoms with van der Waals surface area (Å²) in [6.07, 6.45) is 0. The van der Waals surface area contributed by atoms with E-state index in [0.29, 0.717) is 0 Å². The number of hydrogen-bond acceptors (Lipinski definition) is 3. The fraction of sp³-hybridized carbons (Fsp3) is 0.127. The SMILES string of the molecule is CC(C)(C)c1cc(-c2ccccc2)c(N2c3cc(-c4ccc5c6cccc7cccc(c8cccc4c85)c76)ccc3B3c4ccc(-n5c6ccc(C(C)(C)C)cc6c6cc(C(C)(C)C)ccc65)cc4N(c4c(-c5ccccc5)cc(C(C)(C)C)cc4-c4ccccc4)c4cc(N(c5ccc(-c6ccccc6)cc5)c5ccc(-c6ccccc6)cc5)cc2c43)c(-c2ccccc2)c1. The molecule has 0 bridgehead atoms. The molecule has 0 spiro atoms. The molecule has 2 aliphatic rings. The van der Waals surface area contributed by atoms with E-state index in [2.05, 4.69) is 509 Å². The van der Waals surface area contributed by atoms with Gasteiger partial charge in [0.25, 0.3) is 6.71 Å². The van der Waals surface area contributed by atoms with Crippen molar-refractivity contribution in [2.24, 2.45) is 0 Å². The number of aromatic nitrogens is 1. The fourth-order valence-corrected chi connectivity index (χ4v) is 21.3. The lowest BCUT2D eigenvalue weighted by atomic mass is 9.33. The first-order valence-corrected chi connectivity index (χ1v) is 46.5. The highest BCUT2D eigenvalue weighted by atomic mass is 15.2. The van der Waals surface area contributed by atoms with Crippen LogP contribution in [0.1, 0.15) is 105 Å². The summed E-state index contributed by atoms with van der Waals surface area (Å²) in [4.78, 5) is 8.07. The van der Waals surface area contributed by atoms with Gasteiger partial charge in [0.05, 0.1) is 28.1 Å². The van der Waals surface area contributed by atoms with E-state index in [1.165, 1.54) is 98.1 Å². The highest BCUT2D eigenvalue weighted by Gasteiger charge is 2.47. The van der Waals surface area contributed by atoms with Crippen LogP contribution in [-0.4, -0.2) is 11.3 Å². The van der Waals surface area contributed by atoms with Crippen LogP contribution in [-0.2, 0) is 21.7 Å². The maximum Gasteiger partial charge on any atom is 0.252 e. The normalized spacial score (nSPS) is 12.8. The van der Waals surface area contributed by atoms with Gasteiger partial charge in [0, 0.05) is 72.8 Å². The van der Waals surface area contributed by atoms with Crippen LogP contribution in [0, 0.1) is 0 Å². The average Bonchev–Trinajstić information content (AvgIpc) is 1.75. The first-order chi connectivity index (χ1) is 63.5. The molecule has 0 unspecified atom stereocenters. The summed E-state index contributed by atoms with van der Waals surface area (Å²) in [5.74, 6) is 0. The predicted octanol–water partition coefficient (Wildman–Crippen LogP) is 33.2. The molecule has 0 atom stereocenters. The molecule has 0 aliphatic carbocycles. The second-order valence-electron chi connectivity index (χ2n) is 40.4. The minimum Gasteiger partial charge on any atom is -0.310 e. The summed E-state index contributed by atoms with van der Waals surface area (Å²) < 4.78 is 2.58. The van der Waals surface area contributed by atoms with Crippen molar-refractivity contribution < 1.29 is 0 Å². The maximum absolute atomic E-state index is 2.76. The molecule has 1 aromatic heterocycles. The topological polar surface area (TPSA) is 14.7 Å². The average molecular weight is 1680 g/mol. The van der Waals surface area contributed by atoms with Crippen molar-refractivity contribution >= 4 is 139 Å². The number of benzene rings is 20. The van der Waals surface area contributed by atoms with Crippen LogP contribution in [0.2, 0.25) is 0 Å². The zero-order valence-electron chi connectivity index (χ0n) is 76.5. The van der Waals surface area contributed by atoms with Gasteiger partial charge in [-0.25, -0.2) is 0 Å². The van der Waals surface area contributed by atoms with Gasteiger partial charge < -0.3 is 19.3 Å². The number of fused-ring (bicyclic) bond motifs is 9. The quantitative estimate of drug-likeness (QED) is 0.0650. The lowest BCUT2D eigenvalue weighted by Gasteiger charge is -2.46. The number of anilines is 9. The van der Waals surface area contributed by atoms with Crippen molar-refractivity contribution in [3.05, 3.63) is 429 Å². The first kappa shape index (κ1) is 80.5. The molecule has 0 radical (unpaired) electrons. The Hall–Kier alpha value is -15.0. The van der Waals surface area contributed by atoms with Crippen molar-refractivity contribution in [3.8, 4) is 83.6 Å². The minimum absolute atomic E-state index is 0.101. The van der Waals surface area contributed by atoms with Gasteiger partial charge in [0.1, 0.15) is 0 Å². The molecule has 21 aromatic rings. The summed E-state index contributed by atoms with van der Waals surface area (Å²) in [5, 5.41) is 12.6. The van der Waals surface area contributed by atoms with Crippen LogP contribution in [0.5, 0.6) is 0 Å². The molecule has 20 aromatic carbocycles. The largest absolute Gasteiger partial charge is 0.310 e. The molecule has 2 aliphatic heterocycles. The van der Waals surface area contributed by atoms with E-state index in [9.17, 15) is 0 Å². The predicted molar refractivity (Wildman–Crippen MR) is 564 cm³/mol. The molecule has 4 nitrogen and oxygen atoms in total. The Morgan fingerprint density at radius 1 is 0.221 bits per heavy atom. The highest BCUT2D eigenvalue weighted by Crippen LogP contribution is 2.58. The van der Waals surface area contributed by atoms with E-state index in [1.807, 2.05) is 0 Å². The van der Waals surface area contributed by atoms with E-state index < -0.39 is 0 Å². The van der Waals surface area contributed by atoms with Gasteiger partial charge in [-0.2, -0.15) is 0 Å². The molecule has 5 heteroatoms. The van der Waals surface area contributed by atoms with Gasteiger partial charge in [0.15, 0.2) is 0 Å². The smallest absolute Gasteiger partial charge is 0.252 e. The molecular weight excluding hydrogens is 1580 g/mol.